The van der Waals surface area contributed by atoms with Gasteiger partial charge in [0.2, 0.25) is 0 Å². The highest BCUT2D eigenvalue weighted by atomic mass is 32.2. The Balaban J connectivity index is 3.58. The Hall–Kier alpha value is 0.270. The Labute approximate surface area is 106 Å². The van der Waals surface area contributed by atoms with Crippen molar-refractivity contribution in [3.8, 4) is 0 Å². The van der Waals surface area contributed by atoms with Gasteiger partial charge in [-0.15, -0.1) is 0 Å². The maximum Gasteiger partial charge on any atom is 0.119 e. The van der Waals surface area contributed by atoms with Crippen molar-refractivity contribution in [1.29, 1.82) is 0 Å². The number of rotatable bonds is 7. The van der Waals surface area contributed by atoms with E-state index in [1.165, 1.54) is 25.3 Å². The summed E-state index contributed by atoms with van der Waals surface area (Å²) in [5, 5.41) is 0. The lowest BCUT2D eigenvalue weighted by Crippen LogP contribution is -2.33. The molecule has 0 spiro atoms. The number of hydrogen-bond donors (Lipinski definition) is 0. The van der Waals surface area contributed by atoms with Crippen molar-refractivity contribution in [2.75, 3.05) is 52.8 Å². The van der Waals surface area contributed by atoms with Gasteiger partial charge in [0.05, 0.1) is 6.26 Å². The van der Waals surface area contributed by atoms with Gasteiger partial charge < -0.3 is 9.80 Å². The van der Waals surface area contributed by atoms with Crippen molar-refractivity contribution >= 4 is 10.9 Å². The molecule has 0 aliphatic carbocycles. The van der Waals surface area contributed by atoms with E-state index in [4.69, 9.17) is 0 Å². The van der Waals surface area contributed by atoms with Gasteiger partial charge in [0.25, 0.3) is 0 Å². The number of hydrogen-bond acceptors (Lipinski definition) is 2. The molecule has 0 aromatic carbocycles. The highest BCUT2D eigenvalue weighted by Crippen LogP contribution is 2.17. The van der Waals surface area contributed by atoms with Crippen molar-refractivity contribution < 1.29 is 0 Å². The molecule has 0 heterocycles. The number of likely N-dealkylation sites (N-methyl/N-ethyl adjacent to an activating group) is 2. The first-order chi connectivity index (χ1) is 7.23. The molecular weight excluding hydrogens is 216 g/mol. The smallest absolute Gasteiger partial charge is 0.119 e. The summed E-state index contributed by atoms with van der Waals surface area (Å²) in [4.78, 5) is 4.69. The molecule has 0 rings (SSSR count). The molecular formula is C13H31N2S+. The Morgan fingerprint density at radius 1 is 0.938 bits per heavy atom. The predicted molar refractivity (Wildman–Crippen MR) is 78.6 cm³/mol. The van der Waals surface area contributed by atoms with Crippen LogP contribution in [0.1, 0.15) is 27.2 Å². The molecule has 0 aromatic heterocycles. The third-order valence-corrected chi connectivity index (χ3v) is 5.96. The van der Waals surface area contributed by atoms with E-state index in [-0.39, 0.29) is 0 Å². The van der Waals surface area contributed by atoms with E-state index in [1.54, 1.807) is 0 Å². The summed E-state index contributed by atoms with van der Waals surface area (Å²) in [6, 6.07) is 0. The molecule has 0 bridgehead atoms. The molecule has 98 valence electrons. The average Bonchev–Trinajstić information content (AvgIpc) is 2.13. The molecule has 16 heavy (non-hydrogen) atoms. The molecule has 3 heteroatoms. The third-order valence-electron chi connectivity index (χ3n) is 2.96. The molecule has 0 saturated heterocycles. The van der Waals surface area contributed by atoms with Gasteiger partial charge in [-0.2, -0.15) is 0 Å². The van der Waals surface area contributed by atoms with Crippen LogP contribution in [0, 0.1) is 0 Å². The van der Waals surface area contributed by atoms with E-state index in [0.29, 0.717) is 15.6 Å². The second-order valence-electron chi connectivity index (χ2n) is 5.91. The monoisotopic (exact) mass is 247 g/mol. The van der Waals surface area contributed by atoms with Crippen molar-refractivity contribution in [1.82, 2.24) is 9.80 Å². The van der Waals surface area contributed by atoms with Gasteiger partial charge in [0.15, 0.2) is 0 Å². The van der Waals surface area contributed by atoms with Crippen molar-refractivity contribution in [2.24, 2.45) is 0 Å². The van der Waals surface area contributed by atoms with Gasteiger partial charge in [0, 0.05) is 26.1 Å². The lowest BCUT2D eigenvalue weighted by atomic mass is 10.3. The molecule has 2 nitrogen and oxygen atoms in total. The van der Waals surface area contributed by atoms with Crippen LogP contribution in [0.15, 0.2) is 0 Å². The number of nitrogens with zero attached hydrogens (tertiary/aromatic N) is 2. The normalized spacial score (nSPS) is 14.8. The van der Waals surface area contributed by atoms with Crippen LogP contribution in [0.5, 0.6) is 0 Å². The molecule has 0 radical (unpaired) electrons. The van der Waals surface area contributed by atoms with E-state index in [1.807, 2.05) is 0 Å². The maximum absolute atomic E-state index is 2.44. The summed E-state index contributed by atoms with van der Waals surface area (Å²) < 4.78 is 0.488. The van der Waals surface area contributed by atoms with Gasteiger partial charge >= 0.3 is 0 Å². The fourth-order valence-electron chi connectivity index (χ4n) is 1.34. The zero-order valence-electron chi connectivity index (χ0n) is 12.3. The lowest BCUT2D eigenvalue weighted by molar-refractivity contribution is 0.283. The van der Waals surface area contributed by atoms with E-state index in [2.05, 4.69) is 58.0 Å². The summed E-state index contributed by atoms with van der Waals surface area (Å²) in [5.41, 5.74) is 0. The summed E-state index contributed by atoms with van der Waals surface area (Å²) in [5.74, 6) is 1.37. The maximum atomic E-state index is 2.44. The topological polar surface area (TPSA) is 6.48 Å². The summed E-state index contributed by atoms with van der Waals surface area (Å²) >= 11 is 0. The Kier molecular flexibility index (Phi) is 7.70. The van der Waals surface area contributed by atoms with Crippen LogP contribution in [0.3, 0.4) is 0 Å². The molecule has 0 saturated carbocycles. The van der Waals surface area contributed by atoms with E-state index < -0.39 is 0 Å². The summed E-state index contributed by atoms with van der Waals surface area (Å²) in [6.07, 6.45) is 3.74. The van der Waals surface area contributed by atoms with Gasteiger partial charge in [-0.1, -0.05) is 0 Å². The zero-order valence-corrected chi connectivity index (χ0v) is 13.2. The third kappa shape index (κ3) is 8.43. The summed E-state index contributed by atoms with van der Waals surface area (Å²) in [7, 11) is 7.05. The molecule has 0 amide bonds. The fourth-order valence-corrected chi connectivity index (χ4v) is 2.51. The van der Waals surface area contributed by atoms with Crippen LogP contribution in [0.4, 0.5) is 0 Å². The Bertz CT molecular complexity index is 175. The minimum absolute atomic E-state index is 0.488. The van der Waals surface area contributed by atoms with Gasteiger partial charge in [-0.05, 0) is 52.8 Å². The minimum atomic E-state index is 0.488. The Morgan fingerprint density at radius 3 is 1.94 bits per heavy atom. The first-order valence-electron chi connectivity index (χ1n) is 6.19. The molecule has 0 N–H and O–H groups in total. The largest absolute Gasteiger partial charge is 0.308 e. The predicted octanol–water partition coefficient (Wildman–Crippen LogP) is 1.92. The highest BCUT2D eigenvalue weighted by Gasteiger charge is 2.28. The molecule has 0 aromatic rings. The summed E-state index contributed by atoms with van der Waals surface area (Å²) in [6.45, 7) is 10.6. The van der Waals surface area contributed by atoms with Crippen LogP contribution in [-0.2, 0) is 10.9 Å². The van der Waals surface area contributed by atoms with Crippen molar-refractivity contribution in [2.45, 2.75) is 31.9 Å². The molecule has 0 fully saturated rings. The van der Waals surface area contributed by atoms with E-state index in [9.17, 15) is 0 Å². The van der Waals surface area contributed by atoms with Crippen LogP contribution >= 0.6 is 0 Å². The second-order valence-corrected chi connectivity index (χ2v) is 8.82. The lowest BCUT2D eigenvalue weighted by Gasteiger charge is -2.21. The van der Waals surface area contributed by atoms with Crippen LogP contribution < -0.4 is 0 Å². The molecule has 1 unspecified atom stereocenters. The van der Waals surface area contributed by atoms with Crippen molar-refractivity contribution in [3.05, 3.63) is 0 Å². The average molecular weight is 247 g/mol. The fraction of sp³-hybridized carbons (Fsp3) is 1.00. The minimum Gasteiger partial charge on any atom is -0.308 e. The van der Waals surface area contributed by atoms with E-state index in [0.717, 1.165) is 6.54 Å². The van der Waals surface area contributed by atoms with Crippen LogP contribution in [0.25, 0.3) is 0 Å². The zero-order chi connectivity index (χ0) is 12.8. The van der Waals surface area contributed by atoms with Gasteiger partial charge in [-0.3, -0.25) is 0 Å². The van der Waals surface area contributed by atoms with Gasteiger partial charge in [-0.25, -0.2) is 0 Å². The second kappa shape index (κ2) is 7.57. The quantitative estimate of drug-likeness (QED) is 0.634. The first kappa shape index (κ1) is 16.3. The van der Waals surface area contributed by atoms with E-state index >= 15 is 0 Å². The molecule has 0 aliphatic heterocycles. The van der Waals surface area contributed by atoms with Crippen LogP contribution in [0.2, 0.25) is 0 Å². The molecule has 1 atom stereocenters. The highest BCUT2D eigenvalue weighted by molar-refractivity contribution is 7.97. The first-order valence-corrected chi connectivity index (χ1v) is 7.99. The van der Waals surface area contributed by atoms with Crippen molar-refractivity contribution in [3.63, 3.8) is 0 Å². The standard InChI is InChI=1S/C13H31N2S/c1-13(2,3)16(7)12-8-9-15(6)11-10-14(4)5/h8-12H2,1-7H3/q+1. The van der Waals surface area contributed by atoms with Gasteiger partial charge in [0.1, 0.15) is 10.5 Å². The van der Waals surface area contributed by atoms with Crippen LogP contribution in [-0.4, -0.2) is 67.3 Å². The Morgan fingerprint density at radius 2 is 1.50 bits per heavy atom. The molecule has 0 aliphatic rings. The SMILES string of the molecule is CN(C)CCN(C)CCC[S+](C)C(C)(C)C.